The Hall–Kier alpha value is -3.39. The van der Waals surface area contributed by atoms with Gasteiger partial charge in [-0.25, -0.2) is 4.79 Å². The Kier molecular flexibility index (Phi) is 9.67. The minimum Gasteiger partial charge on any atom is -0.477 e. The summed E-state index contributed by atoms with van der Waals surface area (Å²) >= 11 is 13.1. The van der Waals surface area contributed by atoms with E-state index in [0.717, 1.165) is 16.2 Å². The lowest BCUT2D eigenvalue weighted by Gasteiger charge is -2.46. The predicted octanol–water partition coefficient (Wildman–Crippen LogP) is 4.60. The minimum absolute atomic E-state index is 0.00806. The van der Waals surface area contributed by atoms with Crippen molar-refractivity contribution in [1.29, 1.82) is 0 Å². The van der Waals surface area contributed by atoms with E-state index in [1.807, 2.05) is 0 Å². The van der Waals surface area contributed by atoms with Crippen molar-refractivity contribution in [2.75, 3.05) is 7.11 Å². The van der Waals surface area contributed by atoms with Gasteiger partial charge in [-0.3, -0.25) is 24.6 Å². The topological polar surface area (TPSA) is 146 Å². The van der Waals surface area contributed by atoms with Crippen LogP contribution in [0.5, 0.6) is 5.75 Å². The van der Waals surface area contributed by atoms with Crippen molar-refractivity contribution in [1.82, 2.24) is 4.90 Å². The number of carbonyl (C=O) groups is 3. The maximum absolute atomic E-state index is 13.7. The van der Waals surface area contributed by atoms with Crippen LogP contribution in [0.1, 0.15) is 42.9 Å². The first kappa shape index (κ1) is 31.1. The highest BCUT2D eigenvalue weighted by atomic mass is 35.5. The molecule has 3 rings (SSSR count). The molecule has 14 heteroatoms. The molecule has 214 valence electrons. The third-order valence-corrected chi connectivity index (χ3v) is 7.50. The maximum Gasteiger partial charge on any atom is 0.351 e. The Morgan fingerprint density at radius 3 is 2.38 bits per heavy atom. The number of carbonyl (C=O) groups excluding carboxylic acids is 3. The smallest absolute Gasteiger partial charge is 0.351 e. The van der Waals surface area contributed by atoms with Crippen LogP contribution in [0.25, 0.3) is 0 Å². The molecule has 1 amide bonds. The van der Waals surface area contributed by atoms with Gasteiger partial charge >= 0.3 is 5.97 Å². The molecule has 2 heterocycles. The summed E-state index contributed by atoms with van der Waals surface area (Å²) in [7, 11) is 1.20. The van der Waals surface area contributed by atoms with Crippen molar-refractivity contribution in [2.24, 2.45) is 11.3 Å². The number of β-lactam (4-membered cyclic amide) rings is 1. The standard InChI is InChI=1S/C26H27ClN2O9S2/c1-13(30)17-22(27)28(23(17)32)18(25(39)37-12-14-6-8-15(9-7-14)29(34)35)19(21(31)26(2,3)4)38-16-10-11-40-20(16)24(33)36-5/h6-11,13,17,22,30H,12H2,1-5H3/t13-,17-,22-/m1/s1. The van der Waals surface area contributed by atoms with Crippen molar-refractivity contribution in [2.45, 2.75) is 45.9 Å². The Bertz CT molecular complexity index is 1360. The number of aliphatic hydroxyl groups is 1. The van der Waals surface area contributed by atoms with Crippen molar-refractivity contribution in [3.63, 3.8) is 0 Å². The Morgan fingerprint density at radius 1 is 1.25 bits per heavy atom. The number of halogens is 1. The molecule has 1 saturated heterocycles. The zero-order valence-electron chi connectivity index (χ0n) is 22.2. The van der Waals surface area contributed by atoms with Crippen LogP contribution >= 0.6 is 35.2 Å². The number of alkyl halides is 1. The summed E-state index contributed by atoms with van der Waals surface area (Å²) in [5, 5.41) is 22.3. The molecule has 0 unspecified atom stereocenters. The van der Waals surface area contributed by atoms with Crippen LogP contribution in [-0.2, 0) is 25.7 Å². The van der Waals surface area contributed by atoms with Crippen molar-refractivity contribution >= 4 is 63.6 Å². The third-order valence-electron chi connectivity index (χ3n) is 5.85. The third kappa shape index (κ3) is 6.49. The van der Waals surface area contributed by atoms with Crippen LogP contribution in [-0.4, -0.2) is 56.4 Å². The number of thiocarbonyl (C=S) groups is 1. The van der Waals surface area contributed by atoms with E-state index < -0.39 is 51.3 Å². The van der Waals surface area contributed by atoms with Crippen LogP contribution in [0, 0.1) is 21.4 Å². The van der Waals surface area contributed by atoms with Crippen LogP contribution in [0.3, 0.4) is 0 Å². The number of aliphatic hydroxyl groups excluding tert-OH is 1. The Balaban J connectivity index is 2.11. The van der Waals surface area contributed by atoms with E-state index >= 15 is 0 Å². The second-order valence-electron chi connectivity index (χ2n) is 9.81. The fourth-order valence-electron chi connectivity index (χ4n) is 3.65. The molecule has 1 aliphatic heterocycles. The fourth-order valence-corrected chi connectivity index (χ4v) is 5.15. The molecule has 1 N–H and O–H groups in total. The molecule has 0 spiro atoms. The van der Waals surface area contributed by atoms with Gasteiger partial charge in [-0.2, -0.15) is 0 Å². The van der Waals surface area contributed by atoms with Crippen molar-refractivity contribution in [3.05, 3.63) is 67.7 Å². The first-order valence-electron chi connectivity index (χ1n) is 11.9. The van der Waals surface area contributed by atoms with E-state index in [1.165, 1.54) is 44.4 Å². The number of rotatable bonds is 10. The van der Waals surface area contributed by atoms with Crippen LogP contribution in [0.2, 0.25) is 0 Å². The van der Waals surface area contributed by atoms with Crippen molar-refractivity contribution in [3.8, 4) is 5.75 Å². The molecule has 1 fully saturated rings. The number of allylic oxidation sites excluding steroid dienone is 1. The molecule has 1 aromatic carbocycles. The molecule has 2 aromatic rings. The zero-order chi connectivity index (χ0) is 29.9. The van der Waals surface area contributed by atoms with Gasteiger partial charge in [-0.1, -0.05) is 32.4 Å². The van der Waals surface area contributed by atoms with Gasteiger partial charge < -0.3 is 19.3 Å². The number of hydrogen-bond acceptors (Lipinski definition) is 11. The van der Waals surface area contributed by atoms with Gasteiger partial charge in [0.05, 0.1) is 24.1 Å². The second-order valence-corrected chi connectivity index (χ2v) is 11.5. The lowest BCUT2D eigenvalue weighted by molar-refractivity contribution is -0.384. The van der Waals surface area contributed by atoms with Crippen LogP contribution in [0.15, 0.2) is 47.2 Å². The van der Waals surface area contributed by atoms with Gasteiger partial charge in [0.1, 0.15) is 17.8 Å². The molecular weight excluding hydrogens is 584 g/mol. The monoisotopic (exact) mass is 610 g/mol. The number of esters is 1. The fraction of sp³-hybridized carbons (Fsp3) is 0.385. The van der Waals surface area contributed by atoms with E-state index in [1.54, 1.807) is 26.2 Å². The number of benzene rings is 1. The number of nitro benzene ring substituents is 1. The van der Waals surface area contributed by atoms with Crippen LogP contribution < -0.4 is 4.74 Å². The number of ether oxygens (including phenoxy) is 3. The van der Waals surface area contributed by atoms with Gasteiger partial charge in [-0.05, 0) is 48.3 Å². The summed E-state index contributed by atoms with van der Waals surface area (Å²) in [5.74, 6) is -3.28. The first-order valence-corrected chi connectivity index (χ1v) is 13.6. The van der Waals surface area contributed by atoms with Gasteiger partial charge in [0.2, 0.25) is 16.7 Å². The maximum atomic E-state index is 13.7. The molecule has 0 radical (unpaired) electrons. The Labute approximate surface area is 244 Å². The lowest BCUT2D eigenvalue weighted by Crippen LogP contribution is -2.62. The van der Waals surface area contributed by atoms with Gasteiger partial charge in [0, 0.05) is 17.5 Å². The van der Waals surface area contributed by atoms with E-state index in [-0.39, 0.29) is 33.7 Å². The lowest BCUT2D eigenvalue weighted by atomic mass is 9.87. The van der Waals surface area contributed by atoms with Gasteiger partial charge in [-0.15, -0.1) is 11.3 Å². The average Bonchev–Trinajstić information content (AvgIpc) is 3.36. The van der Waals surface area contributed by atoms with E-state index in [4.69, 9.17) is 38.0 Å². The molecule has 0 saturated carbocycles. The average molecular weight is 611 g/mol. The molecule has 3 atom stereocenters. The predicted molar refractivity (Wildman–Crippen MR) is 150 cm³/mol. The number of thiophene rings is 1. The van der Waals surface area contributed by atoms with Gasteiger partial charge in [0.15, 0.2) is 16.4 Å². The zero-order valence-corrected chi connectivity index (χ0v) is 24.6. The number of non-ortho nitro benzene ring substituents is 1. The number of Topliss-reactive ketones (excluding diaryl/α,β-unsaturated/α-hetero) is 1. The number of amides is 1. The summed E-state index contributed by atoms with van der Waals surface area (Å²) in [6, 6.07) is 6.99. The van der Waals surface area contributed by atoms with Crippen molar-refractivity contribution < 1.29 is 38.6 Å². The second kappa shape index (κ2) is 12.4. The quantitative estimate of drug-likeness (QED) is 0.0466. The SMILES string of the molecule is COC(=O)c1sccc1OC(C(=O)C(C)(C)C)=C(C(=S)OCc1ccc([N+](=O)[O-])cc1)N1C(=O)[C@H]([C@@H](C)O)[C@@H]1Cl. The van der Waals surface area contributed by atoms with Gasteiger partial charge in [0.25, 0.3) is 5.69 Å². The van der Waals surface area contributed by atoms with E-state index in [9.17, 15) is 29.6 Å². The largest absolute Gasteiger partial charge is 0.477 e. The summed E-state index contributed by atoms with van der Waals surface area (Å²) < 4.78 is 16.6. The molecule has 1 aromatic heterocycles. The van der Waals surface area contributed by atoms with E-state index in [2.05, 4.69) is 0 Å². The normalized spacial score (nSPS) is 18.3. The highest BCUT2D eigenvalue weighted by molar-refractivity contribution is 7.80. The molecule has 0 aliphatic carbocycles. The molecular formula is C26H27ClN2O9S2. The summed E-state index contributed by atoms with van der Waals surface area (Å²) in [4.78, 5) is 50.7. The summed E-state index contributed by atoms with van der Waals surface area (Å²) in [6.07, 6.45) is -1.09. The summed E-state index contributed by atoms with van der Waals surface area (Å²) in [6.45, 7) is 6.12. The molecule has 11 nitrogen and oxygen atoms in total. The molecule has 0 bridgehead atoms. The van der Waals surface area contributed by atoms with Crippen LogP contribution in [0.4, 0.5) is 5.69 Å². The highest BCUT2D eigenvalue weighted by Crippen LogP contribution is 2.40. The number of likely N-dealkylation sites (tertiary alicyclic amines) is 1. The number of nitro groups is 1. The molecule has 40 heavy (non-hydrogen) atoms. The Morgan fingerprint density at radius 2 is 1.88 bits per heavy atom. The number of nitrogens with zero attached hydrogens (tertiary/aromatic N) is 2. The summed E-state index contributed by atoms with van der Waals surface area (Å²) in [5.41, 5.74) is -1.99. The number of methoxy groups -OCH3 is 1. The first-order chi connectivity index (χ1) is 18.7. The van der Waals surface area contributed by atoms with E-state index in [0.29, 0.717) is 5.56 Å². The highest BCUT2D eigenvalue weighted by Gasteiger charge is 2.53. The minimum atomic E-state index is -1.10. The number of hydrogen-bond donors (Lipinski definition) is 1. The number of ketones is 1. The molecule has 1 aliphatic rings.